The van der Waals surface area contributed by atoms with E-state index in [9.17, 15) is 5.11 Å². The third-order valence-corrected chi connectivity index (χ3v) is 6.68. The lowest BCUT2D eigenvalue weighted by molar-refractivity contribution is 0.226. The second-order valence-corrected chi connectivity index (χ2v) is 8.63. The number of aromatic nitrogens is 4. The fourth-order valence-electron chi connectivity index (χ4n) is 4.74. The monoisotopic (exact) mass is 479 g/mol. The lowest BCUT2D eigenvalue weighted by atomic mass is 9.77. The van der Waals surface area contributed by atoms with E-state index >= 15 is 0 Å². The highest BCUT2D eigenvalue weighted by atomic mass is 16.5. The molecule has 1 atom stereocenters. The van der Waals surface area contributed by atoms with E-state index in [0.29, 0.717) is 17.0 Å². The van der Waals surface area contributed by atoms with E-state index in [1.165, 1.54) is 0 Å². The van der Waals surface area contributed by atoms with Crippen LogP contribution in [0.4, 0.5) is 5.82 Å². The van der Waals surface area contributed by atoms with Crippen molar-refractivity contribution in [3.05, 3.63) is 114 Å². The zero-order valence-electron chi connectivity index (χ0n) is 20.4. The van der Waals surface area contributed by atoms with Crippen molar-refractivity contribution in [2.75, 3.05) is 19.0 Å². The molecule has 182 valence electrons. The fraction of sp³-hybridized carbons (Fsp3) is 0.207. The number of aliphatic hydroxyl groups is 1. The number of imidazole rings is 1. The molecule has 2 aromatic heterocycles. The van der Waals surface area contributed by atoms with Crippen molar-refractivity contribution in [2.45, 2.75) is 24.9 Å². The van der Waals surface area contributed by atoms with Gasteiger partial charge < -0.3 is 19.7 Å². The summed E-state index contributed by atoms with van der Waals surface area (Å²) in [7, 11) is 1.67. The summed E-state index contributed by atoms with van der Waals surface area (Å²) in [6, 6.07) is 28.6. The van der Waals surface area contributed by atoms with Gasteiger partial charge in [0, 0.05) is 0 Å². The molecule has 5 rings (SSSR count). The van der Waals surface area contributed by atoms with E-state index < -0.39 is 5.54 Å². The molecule has 2 N–H and O–H groups in total. The highest BCUT2D eigenvalue weighted by molar-refractivity contribution is 5.84. The summed E-state index contributed by atoms with van der Waals surface area (Å²) in [6.45, 7) is 2.05. The quantitative estimate of drug-likeness (QED) is 0.283. The standard InChI is InChI=1S/C29H29N5O2/c1-3-24(18-35)34-20-32-26-27(30-19-31-28(26)34)33-29(21-10-6-4-7-11-21,22-12-8-5-9-13-22)23-14-16-25(36-2)17-15-23/h4-17,19-20,24,35H,3,18H2,1-2H3,(H,30,31,33). The normalized spacial score (nSPS) is 12.4. The summed E-state index contributed by atoms with van der Waals surface area (Å²) >= 11 is 0. The number of benzene rings is 3. The van der Waals surface area contributed by atoms with Crippen LogP contribution in [-0.4, -0.2) is 38.3 Å². The minimum absolute atomic E-state index is 0.0124. The van der Waals surface area contributed by atoms with Gasteiger partial charge in [0.2, 0.25) is 0 Å². The third kappa shape index (κ3) is 4.07. The van der Waals surface area contributed by atoms with Crippen molar-refractivity contribution in [3.63, 3.8) is 0 Å². The second-order valence-electron chi connectivity index (χ2n) is 8.63. The van der Waals surface area contributed by atoms with Gasteiger partial charge in [0.25, 0.3) is 0 Å². The molecule has 1 unspecified atom stereocenters. The molecule has 0 aliphatic heterocycles. The van der Waals surface area contributed by atoms with E-state index in [0.717, 1.165) is 28.9 Å². The molecule has 0 radical (unpaired) electrons. The largest absolute Gasteiger partial charge is 0.497 e. The van der Waals surface area contributed by atoms with Crippen LogP contribution in [0.15, 0.2) is 97.6 Å². The van der Waals surface area contributed by atoms with Crippen LogP contribution >= 0.6 is 0 Å². The SMILES string of the molecule is CCC(CO)n1cnc2c(NC(c3ccccc3)(c3ccccc3)c3ccc(OC)cc3)ncnc21. The van der Waals surface area contributed by atoms with Crippen molar-refractivity contribution in [1.82, 2.24) is 19.5 Å². The van der Waals surface area contributed by atoms with Gasteiger partial charge in [-0.1, -0.05) is 79.7 Å². The summed E-state index contributed by atoms with van der Waals surface area (Å²) < 4.78 is 7.36. The first-order valence-electron chi connectivity index (χ1n) is 12.0. The van der Waals surface area contributed by atoms with E-state index in [4.69, 9.17) is 4.74 Å². The van der Waals surface area contributed by atoms with Crippen molar-refractivity contribution in [2.24, 2.45) is 0 Å². The zero-order chi connectivity index (χ0) is 25.0. The van der Waals surface area contributed by atoms with Gasteiger partial charge in [-0.15, -0.1) is 0 Å². The van der Waals surface area contributed by atoms with Crippen molar-refractivity contribution < 1.29 is 9.84 Å². The molecule has 7 nitrogen and oxygen atoms in total. The average Bonchev–Trinajstić information content (AvgIpc) is 3.38. The molecule has 0 aliphatic carbocycles. The van der Waals surface area contributed by atoms with Gasteiger partial charge in [-0.25, -0.2) is 15.0 Å². The number of nitrogens with zero attached hydrogens (tertiary/aromatic N) is 4. The molecular weight excluding hydrogens is 450 g/mol. The average molecular weight is 480 g/mol. The first kappa shape index (κ1) is 23.5. The predicted octanol–water partition coefficient (Wildman–Crippen LogP) is 5.18. The van der Waals surface area contributed by atoms with E-state index in [1.54, 1.807) is 19.8 Å². The van der Waals surface area contributed by atoms with Crippen LogP contribution in [0.3, 0.4) is 0 Å². The topological polar surface area (TPSA) is 85.1 Å². The Morgan fingerprint density at radius 1 is 0.861 bits per heavy atom. The summed E-state index contributed by atoms with van der Waals surface area (Å²) in [4.78, 5) is 13.8. The summed E-state index contributed by atoms with van der Waals surface area (Å²) in [5.41, 5.74) is 3.67. The van der Waals surface area contributed by atoms with Gasteiger partial charge in [0.15, 0.2) is 11.5 Å². The van der Waals surface area contributed by atoms with Gasteiger partial charge in [-0.2, -0.15) is 0 Å². The summed E-state index contributed by atoms with van der Waals surface area (Å²) in [5.74, 6) is 1.39. The van der Waals surface area contributed by atoms with Crippen LogP contribution in [0.5, 0.6) is 5.75 Å². The number of anilines is 1. The van der Waals surface area contributed by atoms with Crippen LogP contribution in [0.1, 0.15) is 36.1 Å². The van der Waals surface area contributed by atoms with Crippen LogP contribution in [0.2, 0.25) is 0 Å². The third-order valence-electron chi connectivity index (χ3n) is 6.68. The van der Waals surface area contributed by atoms with Crippen molar-refractivity contribution in [3.8, 4) is 5.75 Å². The van der Waals surface area contributed by atoms with E-state index in [2.05, 4.69) is 56.7 Å². The molecule has 0 spiro atoms. The van der Waals surface area contributed by atoms with E-state index in [1.807, 2.05) is 60.0 Å². The molecule has 0 bridgehead atoms. The Balaban J connectivity index is 1.76. The number of hydrogen-bond donors (Lipinski definition) is 2. The maximum Gasteiger partial charge on any atom is 0.165 e. The van der Waals surface area contributed by atoms with Gasteiger partial charge in [0.1, 0.15) is 23.1 Å². The van der Waals surface area contributed by atoms with Gasteiger partial charge in [-0.3, -0.25) is 0 Å². The number of methoxy groups -OCH3 is 1. The molecule has 36 heavy (non-hydrogen) atoms. The van der Waals surface area contributed by atoms with Crippen LogP contribution in [-0.2, 0) is 5.54 Å². The molecule has 0 saturated carbocycles. The van der Waals surface area contributed by atoms with Gasteiger partial charge in [0.05, 0.1) is 26.1 Å². The fourth-order valence-corrected chi connectivity index (χ4v) is 4.74. The van der Waals surface area contributed by atoms with Crippen LogP contribution in [0.25, 0.3) is 11.2 Å². The Bertz CT molecular complexity index is 1380. The van der Waals surface area contributed by atoms with Crippen molar-refractivity contribution in [1.29, 1.82) is 0 Å². The number of hydrogen-bond acceptors (Lipinski definition) is 6. The zero-order valence-corrected chi connectivity index (χ0v) is 20.4. The van der Waals surface area contributed by atoms with Crippen LogP contribution in [0, 0.1) is 0 Å². The minimum Gasteiger partial charge on any atom is -0.497 e. The second kappa shape index (κ2) is 10.2. The first-order chi connectivity index (χ1) is 17.7. The first-order valence-corrected chi connectivity index (χ1v) is 12.0. The molecule has 0 aliphatic rings. The molecule has 3 aromatic carbocycles. The van der Waals surface area contributed by atoms with Gasteiger partial charge >= 0.3 is 0 Å². The van der Waals surface area contributed by atoms with Crippen LogP contribution < -0.4 is 10.1 Å². The number of ether oxygens (including phenoxy) is 1. The molecule has 0 amide bonds. The molecule has 0 fully saturated rings. The minimum atomic E-state index is -0.777. The summed E-state index contributed by atoms with van der Waals surface area (Å²) in [6.07, 6.45) is 4.04. The molecule has 5 aromatic rings. The maximum atomic E-state index is 9.88. The predicted molar refractivity (Wildman–Crippen MR) is 141 cm³/mol. The Kier molecular flexibility index (Phi) is 6.64. The van der Waals surface area contributed by atoms with E-state index in [-0.39, 0.29) is 12.6 Å². The number of aliphatic hydroxyl groups excluding tert-OH is 1. The molecule has 2 heterocycles. The highest BCUT2D eigenvalue weighted by Gasteiger charge is 2.37. The smallest absolute Gasteiger partial charge is 0.165 e. The lowest BCUT2D eigenvalue weighted by Crippen LogP contribution is -2.38. The summed E-state index contributed by atoms with van der Waals surface area (Å²) in [5, 5.41) is 13.7. The molecule has 7 heteroatoms. The lowest BCUT2D eigenvalue weighted by Gasteiger charge is -2.37. The van der Waals surface area contributed by atoms with Crippen molar-refractivity contribution >= 4 is 17.0 Å². The number of rotatable bonds is 9. The Hall–Kier alpha value is -4.23. The Morgan fingerprint density at radius 2 is 1.47 bits per heavy atom. The maximum absolute atomic E-state index is 9.88. The molecule has 0 saturated heterocycles. The highest BCUT2D eigenvalue weighted by Crippen LogP contribution is 2.41. The van der Waals surface area contributed by atoms with Gasteiger partial charge in [-0.05, 0) is 35.2 Å². The number of nitrogens with one attached hydrogen (secondary N) is 1. The number of fused-ring (bicyclic) bond motifs is 1. The Labute approximate surface area is 210 Å². The Morgan fingerprint density at radius 3 is 2.03 bits per heavy atom. The molecular formula is C29H29N5O2.